The molecule has 0 aromatic heterocycles. The lowest BCUT2D eigenvalue weighted by molar-refractivity contribution is -0.136. The predicted octanol–water partition coefficient (Wildman–Crippen LogP) is 1.54. The van der Waals surface area contributed by atoms with E-state index in [9.17, 15) is 4.79 Å². The van der Waals surface area contributed by atoms with Gasteiger partial charge in [-0.15, -0.1) is 0 Å². The molecule has 2 aliphatic heterocycles. The van der Waals surface area contributed by atoms with E-state index in [0.717, 1.165) is 43.8 Å². The van der Waals surface area contributed by atoms with Gasteiger partial charge >= 0.3 is 0 Å². The van der Waals surface area contributed by atoms with Crippen molar-refractivity contribution in [2.24, 2.45) is 11.7 Å². The number of nitrogens with two attached hydrogens (primary N) is 1. The maximum Gasteiger partial charge on any atom is 0.239 e. The fourth-order valence-electron chi connectivity index (χ4n) is 4.10. The maximum atomic E-state index is 12.5. The van der Waals surface area contributed by atoms with E-state index in [1.807, 2.05) is 0 Å². The fraction of sp³-hybridized carbons (Fsp3) is 0.938. The molecule has 2 heterocycles. The average molecular weight is 311 g/mol. The zero-order chi connectivity index (χ0) is 14.8. The Morgan fingerprint density at radius 2 is 2.10 bits per heavy atom. The van der Waals surface area contributed by atoms with Crippen molar-refractivity contribution in [3.05, 3.63) is 0 Å². The zero-order valence-electron chi connectivity index (χ0n) is 13.2. The number of piperidine rings is 2. The molecule has 3 atom stereocenters. The SMILES string of the molecule is CSCCC(N)C(=O)N1CCC2C(CCCN2C2CC2)C1. The van der Waals surface area contributed by atoms with E-state index >= 15 is 0 Å². The van der Waals surface area contributed by atoms with Gasteiger partial charge in [0.1, 0.15) is 0 Å². The molecule has 5 heteroatoms. The highest BCUT2D eigenvalue weighted by atomic mass is 32.2. The Hall–Kier alpha value is -0.260. The number of carbonyl (C=O) groups is 1. The molecule has 3 rings (SSSR count). The van der Waals surface area contributed by atoms with Crippen LogP contribution in [0.2, 0.25) is 0 Å². The van der Waals surface area contributed by atoms with E-state index in [1.165, 1.54) is 32.2 Å². The molecule has 2 saturated heterocycles. The molecule has 0 bridgehead atoms. The Morgan fingerprint density at radius 3 is 2.81 bits per heavy atom. The number of nitrogens with zero attached hydrogens (tertiary/aromatic N) is 2. The summed E-state index contributed by atoms with van der Waals surface area (Å²) in [6, 6.07) is 1.30. The number of likely N-dealkylation sites (tertiary alicyclic amines) is 2. The summed E-state index contributed by atoms with van der Waals surface area (Å²) < 4.78 is 0. The van der Waals surface area contributed by atoms with Crippen molar-refractivity contribution in [1.82, 2.24) is 9.80 Å². The lowest BCUT2D eigenvalue weighted by Gasteiger charge is -2.48. The van der Waals surface area contributed by atoms with Crippen LogP contribution in [0.15, 0.2) is 0 Å². The lowest BCUT2D eigenvalue weighted by Crippen LogP contribution is -2.57. The van der Waals surface area contributed by atoms with Crippen molar-refractivity contribution < 1.29 is 4.79 Å². The minimum Gasteiger partial charge on any atom is -0.341 e. The van der Waals surface area contributed by atoms with Gasteiger partial charge in [0.25, 0.3) is 0 Å². The van der Waals surface area contributed by atoms with E-state index in [1.54, 1.807) is 11.8 Å². The van der Waals surface area contributed by atoms with Crippen LogP contribution < -0.4 is 5.73 Å². The third-order valence-electron chi connectivity index (χ3n) is 5.39. The van der Waals surface area contributed by atoms with Crippen molar-refractivity contribution >= 4 is 17.7 Å². The Balaban J connectivity index is 1.55. The van der Waals surface area contributed by atoms with Gasteiger partial charge in [0.05, 0.1) is 6.04 Å². The zero-order valence-corrected chi connectivity index (χ0v) is 14.0. The molecular weight excluding hydrogens is 282 g/mol. The molecule has 3 aliphatic rings. The molecule has 4 nitrogen and oxygen atoms in total. The molecule has 0 aromatic rings. The van der Waals surface area contributed by atoms with Gasteiger partial charge in [0.15, 0.2) is 0 Å². The number of thioether (sulfide) groups is 1. The number of amides is 1. The molecule has 3 fully saturated rings. The van der Waals surface area contributed by atoms with Gasteiger partial charge in [-0.1, -0.05) is 0 Å². The van der Waals surface area contributed by atoms with E-state index in [4.69, 9.17) is 5.73 Å². The van der Waals surface area contributed by atoms with E-state index in [0.29, 0.717) is 5.92 Å². The van der Waals surface area contributed by atoms with Gasteiger partial charge in [-0.2, -0.15) is 11.8 Å². The van der Waals surface area contributed by atoms with E-state index in [-0.39, 0.29) is 11.9 Å². The summed E-state index contributed by atoms with van der Waals surface area (Å²) >= 11 is 1.77. The van der Waals surface area contributed by atoms with Crippen LogP contribution in [0.4, 0.5) is 0 Å². The lowest BCUT2D eigenvalue weighted by atomic mass is 9.83. The third-order valence-corrected chi connectivity index (χ3v) is 6.03. The highest BCUT2D eigenvalue weighted by Gasteiger charge is 2.42. The number of hydrogen-bond donors (Lipinski definition) is 1. The Morgan fingerprint density at radius 1 is 1.29 bits per heavy atom. The second-order valence-electron chi connectivity index (χ2n) is 6.90. The molecule has 1 saturated carbocycles. The largest absolute Gasteiger partial charge is 0.341 e. The summed E-state index contributed by atoms with van der Waals surface area (Å²) in [4.78, 5) is 17.3. The summed E-state index contributed by atoms with van der Waals surface area (Å²) in [6.07, 6.45) is 9.41. The average Bonchev–Trinajstić information content (AvgIpc) is 3.35. The second-order valence-corrected chi connectivity index (χ2v) is 7.89. The molecule has 1 amide bonds. The second kappa shape index (κ2) is 6.88. The molecule has 3 unspecified atom stereocenters. The first-order valence-corrected chi connectivity index (χ1v) is 9.89. The number of carbonyl (C=O) groups excluding carboxylic acids is 1. The first kappa shape index (κ1) is 15.6. The minimum absolute atomic E-state index is 0.186. The normalized spacial score (nSPS) is 31.8. The first-order chi connectivity index (χ1) is 10.2. The number of fused-ring (bicyclic) bond motifs is 1. The van der Waals surface area contributed by atoms with Crippen molar-refractivity contribution in [3.8, 4) is 0 Å². The van der Waals surface area contributed by atoms with Crippen LogP contribution in [0.25, 0.3) is 0 Å². The van der Waals surface area contributed by atoms with Crippen molar-refractivity contribution in [2.45, 2.75) is 56.7 Å². The highest BCUT2D eigenvalue weighted by Crippen LogP contribution is 2.38. The predicted molar refractivity (Wildman–Crippen MR) is 88.4 cm³/mol. The first-order valence-electron chi connectivity index (χ1n) is 8.49. The van der Waals surface area contributed by atoms with Gasteiger partial charge in [0.2, 0.25) is 5.91 Å². The van der Waals surface area contributed by atoms with Gasteiger partial charge < -0.3 is 10.6 Å². The van der Waals surface area contributed by atoms with Gasteiger partial charge in [0, 0.05) is 25.2 Å². The summed E-state index contributed by atoms with van der Waals surface area (Å²) in [7, 11) is 0. The van der Waals surface area contributed by atoms with Crippen LogP contribution in [-0.2, 0) is 4.79 Å². The van der Waals surface area contributed by atoms with E-state index in [2.05, 4.69) is 16.1 Å². The van der Waals surface area contributed by atoms with Crippen molar-refractivity contribution in [3.63, 3.8) is 0 Å². The van der Waals surface area contributed by atoms with Crippen LogP contribution in [0, 0.1) is 5.92 Å². The van der Waals surface area contributed by atoms with Gasteiger partial charge in [-0.3, -0.25) is 9.69 Å². The van der Waals surface area contributed by atoms with Crippen molar-refractivity contribution in [2.75, 3.05) is 31.6 Å². The Kier molecular flexibility index (Phi) is 5.12. The summed E-state index contributed by atoms with van der Waals surface area (Å²) in [5.41, 5.74) is 6.07. The summed E-state index contributed by atoms with van der Waals surface area (Å²) in [6.45, 7) is 3.14. The van der Waals surface area contributed by atoms with Gasteiger partial charge in [-0.25, -0.2) is 0 Å². The van der Waals surface area contributed by atoms with Crippen LogP contribution in [0.3, 0.4) is 0 Å². The monoisotopic (exact) mass is 311 g/mol. The summed E-state index contributed by atoms with van der Waals surface area (Å²) in [5.74, 6) is 1.85. The molecule has 120 valence electrons. The van der Waals surface area contributed by atoms with Crippen LogP contribution >= 0.6 is 11.8 Å². The Bertz CT molecular complexity index is 375. The summed E-state index contributed by atoms with van der Waals surface area (Å²) in [5, 5.41) is 0. The highest BCUT2D eigenvalue weighted by molar-refractivity contribution is 7.98. The maximum absolute atomic E-state index is 12.5. The van der Waals surface area contributed by atoms with Crippen LogP contribution in [0.1, 0.15) is 38.5 Å². The molecular formula is C16H29N3OS. The minimum atomic E-state index is -0.294. The number of rotatable bonds is 5. The topological polar surface area (TPSA) is 49.6 Å². The standard InChI is InChI=1S/C16H29N3OS/c1-21-10-7-14(17)16(20)18-9-6-15-12(11-18)3-2-8-19(15)13-4-5-13/h12-15H,2-11,17H2,1H3. The fourth-order valence-corrected chi connectivity index (χ4v) is 4.59. The Labute approximate surface area is 132 Å². The molecule has 1 aliphatic carbocycles. The smallest absolute Gasteiger partial charge is 0.239 e. The molecule has 0 spiro atoms. The van der Waals surface area contributed by atoms with Gasteiger partial charge in [-0.05, 0) is 63.0 Å². The van der Waals surface area contributed by atoms with Crippen molar-refractivity contribution in [1.29, 1.82) is 0 Å². The number of hydrogen-bond acceptors (Lipinski definition) is 4. The quantitative estimate of drug-likeness (QED) is 0.837. The van der Waals surface area contributed by atoms with Crippen LogP contribution in [0.5, 0.6) is 0 Å². The third kappa shape index (κ3) is 3.57. The molecule has 0 radical (unpaired) electrons. The molecule has 0 aromatic carbocycles. The van der Waals surface area contributed by atoms with Crippen LogP contribution in [-0.4, -0.2) is 65.5 Å². The molecule has 2 N–H and O–H groups in total. The van der Waals surface area contributed by atoms with E-state index < -0.39 is 0 Å². The molecule has 21 heavy (non-hydrogen) atoms.